The van der Waals surface area contributed by atoms with Crippen molar-refractivity contribution in [3.05, 3.63) is 45.1 Å². The van der Waals surface area contributed by atoms with E-state index in [-0.39, 0.29) is 0 Å². The topological polar surface area (TPSA) is 27.1 Å². The first-order chi connectivity index (χ1) is 8.19. The molecule has 0 saturated heterocycles. The largest absolute Gasteiger partial charge is 0.497 e. The van der Waals surface area contributed by atoms with Crippen LogP contribution in [-0.4, -0.2) is 16.9 Å². The second-order valence-corrected chi connectivity index (χ2v) is 5.24. The summed E-state index contributed by atoms with van der Waals surface area (Å²) in [6.07, 6.45) is 0.941. The maximum Gasteiger partial charge on any atom is 0.129 e. The van der Waals surface area contributed by atoms with E-state index in [4.69, 9.17) is 4.74 Å². The average molecular weight is 360 g/mol. The molecule has 2 aromatic rings. The molecule has 0 radical (unpaired) electrons. The smallest absolute Gasteiger partial charge is 0.129 e. The van der Waals surface area contributed by atoms with Gasteiger partial charge in [0.15, 0.2) is 0 Å². The van der Waals surface area contributed by atoms with Gasteiger partial charge < -0.3 is 4.74 Å². The first kappa shape index (κ1) is 12.6. The second-order valence-electron chi connectivity index (χ2n) is 3.61. The highest BCUT2D eigenvalue weighted by Gasteiger charge is 2.03. The van der Waals surface area contributed by atoms with Crippen LogP contribution in [0.5, 0.6) is 5.75 Å². The minimum Gasteiger partial charge on any atom is -0.497 e. The van der Waals surface area contributed by atoms with Gasteiger partial charge in [0.2, 0.25) is 0 Å². The molecule has 0 fully saturated rings. The van der Waals surface area contributed by atoms with Crippen LogP contribution in [0.1, 0.15) is 5.56 Å². The number of benzene rings is 1. The molecule has 17 heavy (non-hydrogen) atoms. The maximum absolute atomic E-state index is 5.12. The van der Waals surface area contributed by atoms with Gasteiger partial charge in [-0.15, -0.1) is 0 Å². The van der Waals surface area contributed by atoms with Gasteiger partial charge in [-0.2, -0.15) is 5.10 Å². The molecule has 0 aliphatic rings. The number of nitrogens with zero attached hydrogens (tertiary/aromatic N) is 2. The minimum atomic E-state index is 0.846. The molecular weight excluding hydrogens is 348 g/mol. The molecule has 0 bridgehead atoms. The Bertz CT molecular complexity index is 494. The van der Waals surface area contributed by atoms with E-state index in [1.807, 2.05) is 22.9 Å². The summed E-state index contributed by atoms with van der Waals surface area (Å²) in [5, 5.41) is 4.32. The summed E-state index contributed by atoms with van der Waals surface area (Å²) in [5.41, 5.74) is 1.27. The molecule has 1 heterocycles. The molecular formula is C12H12Br2N2O. The molecule has 0 saturated carbocycles. The molecule has 3 nitrogen and oxygen atoms in total. The first-order valence-electron chi connectivity index (χ1n) is 5.21. The summed E-state index contributed by atoms with van der Waals surface area (Å²) in [6.45, 7) is 0.846. The van der Waals surface area contributed by atoms with Gasteiger partial charge in [-0.05, 0) is 56.0 Å². The summed E-state index contributed by atoms with van der Waals surface area (Å²) in [7, 11) is 1.67. The summed E-state index contributed by atoms with van der Waals surface area (Å²) in [6, 6.07) is 10.0. The van der Waals surface area contributed by atoms with Crippen molar-refractivity contribution in [1.29, 1.82) is 0 Å². The van der Waals surface area contributed by atoms with Crippen LogP contribution in [0, 0.1) is 0 Å². The Labute approximate surface area is 117 Å². The van der Waals surface area contributed by atoms with Crippen molar-refractivity contribution in [3.8, 4) is 5.75 Å². The van der Waals surface area contributed by atoms with Crippen molar-refractivity contribution >= 4 is 31.9 Å². The van der Waals surface area contributed by atoms with Crippen molar-refractivity contribution < 1.29 is 4.74 Å². The third-order valence-corrected chi connectivity index (χ3v) is 3.50. The third-order valence-electron chi connectivity index (χ3n) is 2.47. The van der Waals surface area contributed by atoms with Crippen LogP contribution in [0.4, 0.5) is 0 Å². The third kappa shape index (κ3) is 3.33. The highest BCUT2D eigenvalue weighted by molar-refractivity contribution is 9.11. The molecule has 0 spiro atoms. The lowest BCUT2D eigenvalue weighted by molar-refractivity contribution is 0.414. The lowest BCUT2D eigenvalue weighted by Crippen LogP contribution is -2.03. The summed E-state index contributed by atoms with van der Waals surface area (Å²) in [4.78, 5) is 0. The van der Waals surface area contributed by atoms with Gasteiger partial charge in [-0.25, -0.2) is 0 Å². The zero-order chi connectivity index (χ0) is 12.3. The number of hydrogen-bond donors (Lipinski definition) is 0. The molecule has 0 aliphatic heterocycles. The van der Waals surface area contributed by atoms with Gasteiger partial charge >= 0.3 is 0 Å². The van der Waals surface area contributed by atoms with Crippen LogP contribution >= 0.6 is 31.9 Å². The van der Waals surface area contributed by atoms with Crippen molar-refractivity contribution in [3.63, 3.8) is 0 Å². The Hall–Kier alpha value is -0.810. The fraction of sp³-hybridized carbons (Fsp3) is 0.250. The standard InChI is InChI=1S/C12H12Br2N2O/c1-17-10-4-2-9(3-5-10)6-7-16-12(14)8-11(13)15-16/h2-5,8H,6-7H2,1H3. The van der Waals surface area contributed by atoms with Crippen LogP contribution in [0.2, 0.25) is 0 Å². The molecule has 2 rings (SSSR count). The number of rotatable bonds is 4. The molecule has 0 N–H and O–H groups in total. The van der Waals surface area contributed by atoms with Gasteiger partial charge in [0, 0.05) is 12.6 Å². The molecule has 0 unspecified atom stereocenters. The average Bonchev–Trinajstić information content (AvgIpc) is 2.66. The van der Waals surface area contributed by atoms with Crippen LogP contribution in [-0.2, 0) is 13.0 Å². The number of methoxy groups -OCH3 is 1. The minimum absolute atomic E-state index is 0.846. The Morgan fingerprint density at radius 3 is 2.47 bits per heavy atom. The monoisotopic (exact) mass is 358 g/mol. The highest BCUT2D eigenvalue weighted by atomic mass is 79.9. The van der Waals surface area contributed by atoms with E-state index in [9.17, 15) is 0 Å². The lowest BCUT2D eigenvalue weighted by atomic mass is 10.1. The van der Waals surface area contributed by atoms with Crippen molar-refractivity contribution in [2.75, 3.05) is 7.11 Å². The van der Waals surface area contributed by atoms with Crippen LogP contribution in [0.3, 0.4) is 0 Å². The Kier molecular flexibility index (Phi) is 4.23. The van der Waals surface area contributed by atoms with E-state index in [1.54, 1.807) is 7.11 Å². The van der Waals surface area contributed by atoms with Crippen molar-refractivity contribution in [1.82, 2.24) is 9.78 Å². The fourth-order valence-corrected chi connectivity index (χ4v) is 2.74. The second kappa shape index (κ2) is 5.69. The zero-order valence-corrected chi connectivity index (χ0v) is 12.5. The number of hydrogen-bond acceptors (Lipinski definition) is 2. The molecule has 5 heteroatoms. The molecule has 1 aromatic carbocycles. The SMILES string of the molecule is COc1ccc(CCn2nc(Br)cc2Br)cc1. The zero-order valence-electron chi connectivity index (χ0n) is 9.36. The van der Waals surface area contributed by atoms with E-state index < -0.39 is 0 Å². The predicted octanol–water partition coefficient (Wildman–Crippen LogP) is 3.66. The number of aromatic nitrogens is 2. The first-order valence-corrected chi connectivity index (χ1v) is 6.79. The van der Waals surface area contributed by atoms with E-state index in [2.05, 4.69) is 49.1 Å². The van der Waals surface area contributed by atoms with E-state index in [0.717, 1.165) is 27.9 Å². The van der Waals surface area contributed by atoms with Crippen molar-refractivity contribution in [2.45, 2.75) is 13.0 Å². The Balaban J connectivity index is 1.99. The molecule has 90 valence electrons. The van der Waals surface area contributed by atoms with E-state index in [1.165, 1.54) is 5.56 Å². The van der Waals surface area contributed by atoms with Gasteiger partial charge in [0.05, 0.1) is 7.11 Å². The number of halogens is 2. The Morgan fingerprint density at radius 2 is 1.94 bits per heavy atom. The van der Waals surface area contributed by atoms with Gasteiger partial charge in [0.25, 0.3) is 0 Å². The lowest BCUT2D eigenvalue weighted by Gasteiger charge is -2.05. The van der Waals surface area contributed by atoms with E-state index >= 15 is 0 Å². The van der Waals surface area contributed by atoms with Crippen LogP contribution in [0.25, 0.3) is 0 Å². The predicted molar refractivity (Wildman–Crippen MR) is 74.3 cm³/mol. The number of aryl methyl sites for hydroxylation is 2. The van der Waals surface area contributed by atoms with Gasteiger partial charge in [-0.1, -0.05) is 12.1 Å². The molecule has 0 atom stereocenters. The van der Waals surface area contributed by atoms with Crippen LogP contribution in [0.15, 0.2) is 39.5 Å². The molecule has 0 amide bonds. The summed E-state index contributed by atoms with van der Waals surface area (Å²) >= 11 is 6.81. The van der Waals surface area contributed by atoms with Crippen LogP contribution < -0.4 is 4.74 Å². The summed E-state index contributed by atoms with van der Waals surface area (Å²) in [5.74, 6) is 0.886. The fourth-order valence-electron chi connectivity index (χ4n) is 1.55. The molecule has 0 aliphatic carbocycles. The summed E-state index contributed by atoms with van der Waals surface area (Å²) < 4.78 is 8.88. The maximum atomic E-state index is 5.12. The van der Waals surface area contributed by atoms with Gasteiger partial charge in [-0.3, -0.25) is 4.68 Å². The Morgan fingerprint density at radius 1 is 1.24 bits per heavy atom. The highest BCUT2D eigenvalue weighted by Crippen LogP contribution is 2.17. The van der Waals surface area contributed by atoms with Crippen molar-refractivity contribution in [2.24, 2.45) is 0 Å². The quantitative estimate of drug-likeness (QED) is 0.832. The molecule has 1 aromatic heterocycles. The number of ether oxygens (including phenoxy) is 1. The normalized spacial score (nSPS) is 10.5. The van der Waals surface area contributed by atoms with E-state index in [0.29, 0.717) is 0 Å². The van der Waals surface area contributed by atoms with Gasteiger partial charge in [0.1, 0.15) is 15.0 Å².